The molecule has 0 saturated heterocycles. The predicted octanol–water partition coefficient (Wildman–Crippen LogP) is 2.65. The molecule has 1 aromatic heterocycles. The molecule has 2 aromatic rings. The molecule has 1 N–H and O–H groups in total. The molecule has 1 aliphatic rings. The number of aromatic nitrogens is 2. The highest BCUT2D eigenvalue weighted by Gasteiger charge is 2.25. The van der Waals surface area contributed by atoms with E-state index >= 15 is 0 Å². The molecule has 1 amide bonds. The molecule has 19 heavy (non-hydrogen) atoms. The van der Waals surface area contributed by atoms with E-state index in [2.05, 4.69) is 16.4 Å². The third-order valence-corrected chi connectivity index (χ3v) is 3.64. The van der Waals surface area contributed by atoms with E-state index < -0.39 is 0 Å². The Hall–Kier alpha value is -1.81. The number of rotatable bonds is 1. The van der Waals surface area contributed by atoms with E-state index in [0.29, 0.717) is 5.15 Å². The molecule has 0 aliphatic carbocycles. The molecule has 1 aromatic carbocycles. The van der Waals surface area contributed by atoms with Crippen LogP contribution in [-0.2, 0) is 11.2 Å². The quantitative estimate of drug-likeness (QED) is 0.870. The number of amides is 1. The standard InChI is InChI=1S/C14H14ClN3O/c1-9(19)17-11-7-6-10-4-2-3-5-12(10)18-13(15)8-16-14(11)18/h2-5,8,11H,6-7H2,1H3,(H,17,19). The summed E-state index contributed by atoms with van der Waals surface area (Å²) in [4.78, 5) is 15.7. The molecule has 1 atom stereocenters. The average Bonchev–Trinajstić information content (AvgIpc) is 2.68. The van der Waals surface area contributed by atoms with Crippen molar-refractivity contribution in [3.05, 3.63) is 47.0 Å². The van der Waals surface area contributed by atoms with Gasteiger partial charge in [0, 0.05) is 6.92 Å². The molecule has 5 heteroatoms. The Kier molecular flexibility index (Phi) is 3.03. The van der Waals surface area contributed by atoms with Crippen molar-refractivity contribution in [1.29, 1.82) is 0 Å². The van der Waals surface area contributed by atoms with Crippen LogP contribution in [0.1, 0.15) is 30.8 Å². The van der Waals surface area contributed by atoms with Crippen molar-refractivity contribution in [2.75, 3.05) is 0 Å². The first-order valence-electron chi connectivity index (χ1n) is 6.25. The molecule has 2 heterocycles. The number of para-hydroxylation sites is 1. The van der Waals surface area contributed by atoms with Gasteiger partial charge in [0.25, 0.3) is 0 Å². The zero-order valence-electron chi connectivity index (χ0n) is 10.6. The summed E-state index contributed by atoms with van der Waals surface area (Å²) in [6, 6.07) is 8.02. The van der Waals surface area contributed by atoms with Crippen LogP contribution in [0.3, 0.4) is 0 Å². The molecular weight excluding hydrogens is 262 g/mol. The van der Waals surface area contributed by atoms with Crippen LogP contribution in [0, 0.1) is 0 Å². The minimum Gasteiger partial charge on any atom is -0.346 e. The van der Waals surface area contributed by atoms with Crippen LogP contribution in [0.25, 0.3) is 5.69 Å². The fraction of sp³-hybridized carbons (Fsp3) is 0.286. The number of hydrogen-bond donors (Lipinski definition) is 1. The Bertz CT molecular complexity index is 635. The molecule has 0 radical (unpaired) electrons. The van der Waals surface area contributed by atoms with Gasteiger partial charge in [0.15, 0.2) is 0 Å². The smallest absolute Gasteiger partial charge is 0.217 e. The van der Waals surface area contributed by atoms with E-state index in [9.17, 15) is 4.79 Å². The molecule has 98 valence electrons. The number of aryl methyl sites for hydroxylation is 1. The second kappa shape index (κ2) is 4.70. The van der Waals surface area contributed by atoms with E-state index in [-0.39, 0.29) is 11.9 Å². The summed E-state index contributed by atoms with van der Waals surface area (Å²) in [6.07, 6.45) is 3.35. The monoisotopic (exact) mass is 275 g/mol. The minimum atomic E-state index is -0.0996. The molecule has 0 spiro atoms. The third kappa shape index (κ3) is 2.12. The first-order chi connectivity index (χ1) is 9.16. The number of carbonyl (C=O) groups is 1. The lowest BCUT2D eigenvalue weighted by molar-refractivity contribution is -0.119. The van der Waals surface area contributed by atoms with E-state index in [4.69, 9.17) is 11.6 Å². The van der Waals surface area contributed by atoms with E-state index in [1.165, 1.54) is 12.5 Å². The zero-order valence-corrected chi connectivity index (χ0v) is 11.3. The van der Waals surface area contributed by atoms with Gasteiger partial charge in [-0.15, -0.1) is 0 Å². The highest BCUT2D eigenvalue weighted by molar-refractivity contribution is 6.29. The van der Waals surface area contributed by atoms with E-state index in [1.54, 1.807) is 6.20 Å². The highest BCUT2D eigenvalue weighted by atomic mass is 35.5. The Labute approximate surface area is 116 Å². The Morgan fingerprint density at radius 1 is 1.47 bits per heavy atom. The minimum absolute atomic E-state index is 0.0540. The summed E-state index contributed by atoms with van der Waals surface area (Å²) < 4.78 is 1.92. The molecule has 0 bridgehead atoms. The largest absolute Gasteiger partial charge is 0.346 e. The Balaban J connectivity index is 2.15. The Morgan fingerprint density at radius 3 is 3.05 bits per heavy atom. The number of fused-ring (bicyclic) bond motifs is 3. The molecule has 4 nitrogen and oxygen atoms in total. The van der Waals surface area contributed by atoms with Crippen molar-refractivity contribution in [1.82, 2.24) is 14.9 Å². The summed E-state index contributed by atoms with van der Waals surface area (Å²) in [7, 11) is 0. The van der Waals surface area contributed by atoms with Gasteiger partial charge < -0.3 is 5.32 Å². The molecule has 1 aliphatic heterocycles. The van der Waals surface area contributed by atoms with Crippen LogP contribution in [0.2, 0.25) is 5.15 Å². The van der Waals surface area contributed by atoms with Crippen molar-refractivity contribution in [2.24, 2.45) is 0 Å². The van der Waals surface area contributed by atoms with Crippen molar-refractivity contribution < 1.29 is 4.79 Å². The summed E-state index contributed by atoms with van der Waals surface area (Å²) in [5.41, 5.74) is 2.27. The number of benzene rings is 1. The summed E-state index contributed by atoms with van der Waals surface area (Å²) in [5.74, 6) is 0.742. The predicted molar refractivity (Wildman–Crippen MR) is 73.5 cm³/mol. The number of hydrogen-bond acceptors (Lipinski definition) is 2. The van der Waals surface area contributed by atoms with Gasteiger partial charge in [-0.3, -0.25) is 9.36 Å². The van der Waals surface area contributed by atoms with Gasteiger partial charge >= 0.3 is 0 Å². The third-order valence-electron chi connectivity index (χ3n) is 3.37. The molecular formula is C14H14ClN3O. The van der Waals surface area contributed by atoms with Gasteiger partial charge in [-0.1, -0.05) is 29.8 Å². The fourth-order valence-electron chi connectivity index (χ4n) is 2.58. The normalized spacial score (nSPS) is 17.3. The Morgan fingerprint density at radius 2 is 2.26 bits per heavy atom. The summed E-state index contributed by atoms with van der Waals surface area (Å²) >= 11 is 6.25. The first-order valence-corrected chi connectivity index (χ1v) is 6.63. The van der Waals surface area contributed by atoms with Crippen molar-refractivity contribution in [3.8, 4) is 5.69 Å². The van der Waals surface area contributed by atoms with Crippen LogP contribution >= 0.6 is 11.6 Å². The summed E-state index contributed by atoms with van der Waals surface area (Å²) in [6.45, 7) is 1.52. The van der Waals surface area contributed by atoms with Crippen LogP contribution in [0.5, 0.6) is 0 Å². The van der Waals surface area contributed by atoms with Gasteiger partial charge in [0.1, 0.15) is 11.0 Å². The number of carbonyl (C=O) groups excluding carboxylic acids is 1. The van der Waals surface area contributed by atoms with Crippen LogP contribution in [0.15, 0.2) is 30.5 Å². The number of halogens is 1. The van der Waals surface area contributed by atoms with Crippen LogP contribution < -0.4 is 5.32 Å². The van der Waals surface area contributed by atoms with Crippen molar-refractivity contribution >= 4 is 17.5 Å². The van der Waals surface area contributed by atoms with Gasteiger partial charge in [-0.25, -0.2) is 4.98 Å². The van der Waals surface area contributed by atoms with Gasteiger partial charge in [-0.05, 0) is 24.5 Å². The maximum absolute atomic E-state index is 11.3. The maximum atomic E-state index is 11.3. The van der Waals surface area contributed by atoms with Gasteiger partial charge in [0.2, 0.25) is 5.91 Å². The highest BCUT2D eigenvalue weighted by Crippen LogP contribution is 2.32. The van der Waals surface area contributed by atoms with Crippen LogP contribution in [0.4, 0.5) is 0 Å². The van der Waals surface area contributed by atoms with E-state index in [1.807, 2.05) is 22.8 Å². The molecule has 3 rings (SSSR count). The zero-order chi connectivity index (χ0) is 13.4. The SMILES string of the molecule is CC(=O)NC1CCc2ccccc2-n2c(Cl)cnc21. The van der Waals surface area contributed by atoms with Gasteiger partial charge in [-0.2, -0.15) is 0 Å². The average molecular weight is 276 g/mol. The lowest BCUT2D eigenvalue weighted by Crippen LogP contribution is -2.27. The molecule has 0 saturated carbocycles. The number of nitrogens with one attached hydrogen (secondary N) is 1. The van der Waals surface area contributed by atoms with Crippen molar-refractivity contribution in [2.45, 2.75) is 25.8 Å². The summed E-state index contributed by atoms with van der Waals surface area (Å²) in [5, 5.41) is 3.51. The van der Waals surface area contributed by atoms with Crippen LogP contribution in [-0.4, -0.2) is 15.5 Å². The second-order valence-electron chi connectivity index (χ2n) is 4.70. The number of nitrogens with zero attached hydrogens (tertiary/aromatic N) is 2. The van der Waals surface area contributed by atoms with E-state index in [0.717, 1.165) is 24.4 Å². The first kappa shape index (κ1) is 12.2. The van der Waals surface area contributed by atoms with Gasteiger partial charge in [0.05, 0.1) is 17.9 Å². The fourth-order valence-corrected chi connectivity index (χ4v) is 2.81. The second-order valence-corrected chi connectivity index (χ2v) is 5.08. The van der Waals surface area contributed by atoms with Crippen molar-refractivity contribution in [3.63, 3.8) is 0 Å². The lowest BCUT2D eigenvalue weighted by Gasteiger charge is -2.15. The lowest BCUT2D eigenvalue weighted by atomic mass is 10.1. The molecule has 0 fully saturated rings. The molecule has 1 unspecified atom stereocenters. The maximum Gasteiger partial charge on any atom is 0.217 e. The topological polar surface area (TPSA) is 46.9 Å². The number of imidazole rings is 1.